The Hall–Kier alpha value is -4.51. The molecule has 11 heteroatoms. The second-order valence-corrected chi connectivity index (χ2v) is 7.91. The van der Waals surface area contributed by atoms with Gasteiger partial charge in [0.1, 0.15) is 25.0 Å². The number of anilines is 1. The van der Waals surface area contributed by atoms with Gasteiger partial charge in [0.05, 0.1) is 17.5 Å². The van der Waals surface area contributed by atoms with Crippen molar-refractivity contribution < 1.29 is 23.8 Å². The quantitative estimate of drug-likeness (QED) is 0.315. The minimum Gasteiger partial charge on any atom is -0.459 e. The number of fused-ring (bicyclic) bond motifs is 1. The van der Waals surface area contributed by atoms with E-state index in [1.807, 2.05) is 0 Å². The summed E-state index contributed by atoms with van der Waals surface area (Å²) >= 11 is 0. The van der Waals surface area contributed by atoms with E-state index in [0.717, 1.165) is 0 Å². The summed E-state index contributed by atoms with van der Waals surface area (Å²) in [6, 6.07) is 17.1. The molecule has 4 aromatic rings. The number of aromatic amines is 1. The molecule has 0 aliphatic carbocycles. The molecule has 0 spiro atoms. The van der Waals surface area contributed by atoms with Crippen LogP contribution < -0.4 is 11.3 Å². The van der Waals surface area contributed by atoms with Crippen molar-refractivity contribution in [1.29, 1.82) is 0 Å². The maximum Gasteiger partial charge on any atom is 0.338 e. The van der Waals surface area contributed by atoms with E-state index < -0.39 is 35.9 Å². The average molecular weight is 476 g/mol. The van der Waals surface area contributed by atoms with Gasteiger partial charge in [-0.25, -0.2) is 14.6 Å². The van der Waals surface area contributed by atoms with Crippen LogP contribution in [0.3, 0.4) is 0 Å². The fraction of sp³-hybridized carbons (Fsp3) is 0.208. The zero-order valence-corrected chi connectivity index (χ0v) is 18.4. The number of benzene rings is 2. The maximum absolute atomic E-state index is 12.7. The van der Waals surface area contributed by atoms with E-state index in [4.69, 9.17) is 19.9 Å². The molecule has 0 bridgehead atoms. The Morgan fingerprint density at radius 2 is 1.71 bits per heavy atom. The predicted octanol–water partition coefficient (Wildman–Crippen LogP) is 2.07. The highest BCUT2D eigenvalue weighted by Gasteiger charge is 2.40. The van der Waals surface area contributed by atoms with Crippen LogP contribution >= 0.6 is 0 Å². The summed E-state index contributed by atoms with van der Waals surface area (Å²) in [6.45, 7) is -0.153. The lowest BCUT2D eigenvalue weighted by Crippen LogP contribution is -2.32. The average Bonchev–Trinajstić information content (AvgIpc) is 3.47. The molecule has 0 amide bonds. The third kappa shape index (κ3) is 4.62. The number of ether oxygens (including phenoxy) is 3. The van der Waals surface area contributed by atoms with Crippen molar-refractivity contribution in [3.63, 3.8) is 0 Å². The Bertz CT molecular complexity index is 1420. The number of carbonyl (C=O) groups excluding carboxylic acids is 2. The lowest BCUT2D eigenvalue weighted by Gasteiger charge is -2.19. The Kier molecular flexibility index (Phi) is 5.98. The van der Waals surface area contributed by atoms with Gasteiger partial charge in [-0.05, 0) is 24.3 Å². The van der Waals surface area contributed by atoms with Crippen LogP contribution in [0.1, 0.15) is 33.4 Å². The molecular weight excluding hydrogens is 455 g/mol. The van der Waals surface area contributed by atoms with Crippen molar-refractivity contribution in [2.24, 2.45) is 0 Å². The monoisotopic (exact) mass is 476 g/mol. The molecule has 1 saturated heterocycles. The number of nitrogens with two attached hydrogens (primary N) is 1. The minimum absolute atomic E-state index is 0.0670. The molecule has 2 aromatic heterocycles. The molecular formula is C24H21N5O6. The van der Waals surface area contributed by atoms with Gasteiger partial charge in [0.15, 0.2) is 11.2 Å². The normalized spacial score (nSPS) is 19.5. The second-order valence-electron chi connectivity index (χ2n) is 7.91. The number of hydrogen-bond donors (Lipinski definition) is 2. The van der Waals surface area contributed by atoms with E-state index >= 15 is 0 Å². The van der Waals surface area contributed by atoms with Crippen LogP contribution in [0.4, 0.5) is 5.95 Å². The van der Waals surface area contributed by atoms with Crippen molar-refractivity contribution in [2.45, 2.75) is 24.9 Å². The minimum atomic E-state index is -0.767. The summed E-state index contributed by atoms with van der Waals surface area (Å²) < 4.78 is 18.8. The fourth-order valence-corrected chi connectivity index (χ4v) is 3.89. The van der Waals surface area contributed by atoms with Gasteiger partial charge in [-0.2, -0.15) is 4.98 Å². The van der Waals surface area contributed by atoms with E-state index in [9.17, 15) is 14.4 Å². The van der Waals surface area contributed by atoms with Crippen LogP contribution in [0.2, 0.25) is 0 Å². The van der Waals surface area contributed by atoms with Crippen molar-refractivity contribution in [1.82, 2.24) is 19.5 Å². The third-order valence-electron chi connectivity index (χ3n) is 5.60. The first-order valence-electron chi connectivity index (χ1n) is 10.9. The highest BCUT2D eigenvalue weighted by Crippen LogP contribution is 2.33. The molecule has 0 radical (unpaired) electrons. The molecule has 3 N–H and O–H groups in total. The van der Waals surface area contributed by atoms with Crippen LogP contribution in [0, 0.1) is 0 Å². The van der Waals surface area contributed by atoms with Crippen LogP contribution in [0.25, 0.3) is 11.2 Å². The standard InChI is InChI=1S/C24H21N5O6/c25-24-27-20-19(21(30)28-24)26-13-29(20)18-11-16(35-23(32)15-9-5-2-6-10-15)17(34-18)12-33-22(31)14-7-3-1-4-8-14/h1-10,13,16-18H,11-12H2,(H3,25,27,28,30)/t16-,17+,18+/m0/s1/i12+1. The number of carbonyl (C=O) groups is 2. The van der Waals surface area contributed by atoms with Gasteiger partial charge in [0.2, 0.25) is 5.95 Å². The predicted molar refractivity (Wildman–Crippen MR) is 123 cm³/mol. The topological polar surface area (TPSA) is 151 Å². The van der Waals surface area contributed by atoms with Gasteiger partial charge in [-0.1, -0.05) is 36.4 Å². The van der Waals surface area contributed by atoms with Gasteiger partial charge >= 0.3 is 11.9 Å². The SMILES string of the molecule is Nc1nc2c(ncn2[C@H]2C[C@H](OC(=O)c3ccccc3)[C@@H]([13CH2]OC(=O)c3ccccc3)O2)c(=O)[nH]1. The molecule has 35 heavy (non-hydrogen) atoms. The van der Waals surface area contributed by atoms with Gasteiger partial charge in [-0.3, -0.25) is 14.3 Å². The number of aromatic nitrogens is 4. The van der Waals surface area contributed by atoms with E-state index in [0.29, 0.717) is 11.1 Å². The number of H-pyrrole nitrogens is 1. The maximum atomic E-state index is 12.7. The molecule has 1 aliphatic rings. The van der Waals surface area contributed by atoms with Crippen LogP contribution in [0.15, 0.2) is 71.8 Å². The highest BCUT2D eigenvalue weighted by atomic mass is 16.6. The first-order chi connectivity index (χ1) is 17.0. The second kappa shape index (κ2) is 9.39. The molecule has 2 aromatic carbocycles. The van der Waals surface area contributed by atoms with E-state index in [1.165, 1.54) is 6.33 Å². The summed E-state index contributed by atoms with van der Waals surface area (Å²) in [4.78, 5) is 48.0. The van der Waals surface area contributed by atoms with Crippen molar-refractivity contribution in [3.8, 4) is 0 Å². The van der Waals surface area contributed by atoms with E-state index in [-0.39, 0.29) is 30.1 Å². The molecule has 11 nitrogen and oxygen atoms in total. The summed E-state index contributed by atoms with van der Waals surface area (Å²) in [5.74, 6) is -1.13. The fourth-order valence-electron chi connectivity index (χ4n) is 3.89. The molecule has 178 valence electrons. The van der Waals surface area contributed by atoms with Crippen LogP contribution in [-0.4, -0.2) is 50.3 Å². The van der Waals surface area contributed by atoms with Crippen LogP contribution in [-0.2, 0) is 14.2 Å². The number of nitrogens with one attached hydrogen (secondary N) is 1. The Morgan fingerprint density at radius 1 is 1.06 bits per heavy atom. The molecule has 5 rings (SSSR count). The zero-order chi connectivity index (χ0) is 24.4. The molecule has 0 saturated carbocycles. The van der Waals surface area contributed by atoms with Crippen LogP contribution in [0.5, 0.6) is 0 Å². The number of imidazole rings is 1. The van der Waals surface area contributed by atoms with Crippen molar-refractivity contribution in [2.75, 3.05) is 12.3 Å². The van der Waals surface area contributed by atoms with Gasteiger partial charge in [0, 0.05) is 6.42 Å². The molecule has 0 unspecified atom stereocenters. The molecule has 3 heterocycles. The number of esters is 2. The first kappa shape index (κ1) is 22.3. The summed E-state index contributed by atoms with van der Waals surface area (Å²) in [5.41, 5.74) is 6.31. The molecule has 1 aliphatic heterocycles. The number of nitrogen functional groups attached to an aromatic ring is 1. The Labute approximate surface area is 198 Å². The van der Waals surface area contributed by atoms with Gasteiger partial charge in [0.25, 0.3) is 5.56 Å². The van der Waals surface area contributed by atoms with Gasteiger partial charge < -0.3 is 19.9 Å². The number of hydrogen-bond acceptors (Lipinski definition) is 9. The smallest absolute Gasteiger partial charge is 0.338 e. The zero-order valence-electron chi connectivity index (χ0n) is 18.4. The summed E-state index contributed by atoms with van der Waals surface area (Å²) in [6.07, 6.45) is -0.579. The van der Waals surface area contributed by atoms with Crippen molar-refractivity contribution in [3.05, 3.63) is 88.5 Å². The number of nitrogens with zero attached hydrogens (tertiary/aromatic N) is 3. The van der Waals surface area contributed by atoms with Gasteiger partial charge in [-0.15, -0.1) is 0 Å². The third-order valence-corrected chi connectivity index (χ3v) is 5.60. The first-order valence-corrected chi connectivity index (χ1v) is 10.9. The lowest BCUT2D eigenvalue weighted by atomic mass is 10.2. The Morgan fingerprint density at radius 3 is 2.40 bits per heavy atom. The number of rotatable bonds is 6. The molecule has 1 fully saturated rings. The summed E-state index contributed by atoms with van der Waals surface area (Å²) in [5, 5.41) is 0. The lowest BCUT2D eigenvalue weighted by molar-refractivity contribution is -0.0563. The largest absolute Gasteiger partial charge is 0.459 e. The van der Waals surface area contributed by atoms with E-state index in [2.05, 4.69) is 15.0 Å². The molecule has 3 atom stereocenters. The van der Waals surface area contributed by atoms with E-state index in [1.54, 1.807) is 65.2 Å². The Balaban J connectivity index is 1.38. The summed E-state index contributed by atoms with van der Waals surface area (Å²) in [7, 11) is 0. The van der Waals surface area contributed by atoms with Crippen molar-refractivity contribution >= 4 is 29.1 Å². The highest BCUT2D eigenvalue weighted by molar-refractivity contribution is 5.90.